The van der Waals surface area contributed by atoms with Crippen LogP contribution in [0.1, 0.15) is 11.3 Å². The van der Waals surface area contributed by atoms with Crippen LogP contribution in [0.3, 0.4) is 0 Å². The molecular formula is C14H15N3O2. The first kappa shape index (κ1) is 12.9. The molecule has 3 N–H and O–H groups in total. The molecule has 1 aromatic carbocycles. The number of ether oxygens (including phenoxy) is 2. The van der Waals surface area contributed by atoms with E-state index in [2.05, 4.69) is 4.98 Å². The lowest BCUT2D eigenvalue weighted by Gasteiger charge is -2.10. The average molecular weight is 257 g/mol. The van der Waals surface area contributed by atoms with Crippen molar-refractivity contribution in [3.8, 4) is 17.4 Å². The summed E-state index contributed by atoms with van der Waals surface area (Å²) in [5, 5.41) is 7.52. The van der Waals surface area contributed by atoms with Gasteiger partial charge < -0.3 is 15.2 Å². The van der Waals surface area contributed by atoms with Gasteiger partial charge in [-0.15, -0.1) is 0 Å². The maximum absolute atomic E-state index is 7.52. The third-order valence-corrected chi connectivity index (χ3v) is 2.55. The van der Waals surface area contributed by atoms with Crippen LogP contribution in [0.15, 0.2) is 36.4 Å². The summed E-state index contributed by atoms with van der Waals surface area (Å²) in [6.07, 6.45) is 0. The van der Waals surface area contributed by atoms with Gasteiger partial charge in [0, 0.05) is 11.8 Å². The molecule has 0 spiro atoms. The molecule has 0 aliphatic carbocycles. The van der Waals surface area contributed by atoms with Crippen LogP contribution in [0.4, 0.5) is 0 Å². The summed E-state index contributed by atoms with van der Waals surface area (Å²) in [7, 11) is 1.59. The molecule has 1 heterocycles. The molecule has 2 rings (SSSR count). The number of benzene rings is 1. The normalized spacial score (nSPS) is 10.0. The first-order valence-electron chi connectivity index (χ1n) is 5.74. The van der Waals surface area contributed by atoms with E-state index in [0.29, 0.717) is 22.9 Å². The number of hydrogen-bond acceptors (Lipinski definition) is 4. The first-order valence-corrected chi connectivity index (χ1v) is 5.74. The number of rotatable bonds is 4. The molecule has 5 heteroatoms. The Morgan fingerprint density at radius 2 is 1.95 bits per heavy atom. The van der Waals surface area contributed by atoms with E-state index in [9.17, 15) is 0 Å². The number of nitrogens with one attached hydrogen (secondary N) is 1. The number of aryl methyl sites for hydroxylation is 1. The second kappa shape index (κ2) is 5.39. The predicted molar refractivity (Wildman–Crippen MR) is 73.1 cm³/mol. The molecule has 0 atom stereocenters. The van der Waals surface area contributed by atoms with Crippen LogP contribution in [0, 0.1) is 12.3 Å². The number of methoxy groups -OCH3 is 1. The summed E-state index contributed by atoms with van der Waals surface area (Å²) in [5.74, 6) is 1.51. The van der Waals surface area contributed by atoms with Gasteiger partial charge in [0.2, 0.25) is 5.88 Å². The highest BCUT2D eigenvalue weighted by atomic mass is 16.5. The fourth-order valence-electron chi connectivity index (χ4n) is 1.59. The molecule has 19 heavy (non-hydrogen) atoms. The van der Waals surface area contributed by atoms with Gasteiger partial charge in [0.05, 0.1) is 12.7 Å². The Kier molecular flexibility index (Phi) is 3.66. The molecular weight excluding hydrogens is 242 g/mol. The monoisotopic (exact) mass is 257 g/mol. The molecule has 0 saturated heterocycles. The van der Waals surface area contributed by atoms with Gasteiger partial charge in [-0.1, -0.05) is 6.07 Å². The first-order chi connectivity index (χ1) is 9.10. The van der Waals surface area contributed by atoms with Gasteiger partial charge in [-0.05, 0) is 31.2 Å². The van der Waals surface area contributed by atoms with Crippen molar-refractivity contribution in [2.45, 2.75) is 6.92 Å². The number of pyridine rings is 1. The van der Waals surface area contributed by atoms with Crippen molar-refractivity contribution in [1.29, 1.82) is 5.41 Å². The smallest absolute Gasteiger partial charge is 0.230 e. The molecule has 98 valence electrons. The fraction of sp³-hybridized carbons (Fsp3) is 0.143. The number of nitrogens with two attached hydrogens (primary N) is 1. The minimum atomic E-state index is -0.0783. The molecule has 0 amide bonds. The van der Waals surface area contributed by atoms with Crippen molar-refractivity contribution in [1.82, 2.24) is 4.98 Å². The Bertz CT molecular complexity index is 611. The largest absolute Gasteiger partial charge is 0.497 e. The summed E-state index contributed by atoms with van der Waals surface area (Å²) in [6.45, 7) is 1.85. The number of nitrogens with zero attached hydrogens (tertiary/aromatic N) is 1. The van der Waals surface area contributed by atoms with E-state index in [4.69, 9.17) is 20.6 Å². The van der Waals surface area contributed by atoms with Crippen LogP contribution >= 0.6 is 0 Å². The van der Waals surface area contributed by atoms with E-state index in [1.165, 1.54) is 0 Å². The van der Waals surface area contributed by atoms with Crippen LogP contribution in [0.2, 0.25) is 0 Å². The highest BCUT2D eigenvalue weighted by Crippen LogP contribution is 2.26. The molecule has 2 aromatic rings. The van der Waals surface area contributed by atoms with Gasteiger partial charge in [0.15, 0.2) is 0 Å². The van der Waals surface area contributed by atoms with E-state index < -0.39 is 0 Å². The molecule has 0 aliphatic rings. The molecule has 0 saturated carbocycles. The van der Waals surface area contributed by atoms with Crippen LogP contribution < -0.4 is 15.2 Å². The van der Waals surface area contributed by atoms with E-state index >= 15 is 0 Å². The predicted octanol–water partition coefficient (Wildman–Crippen LogP) is 2.47. The summed E-state index contributed by atoms with van der Waals surface area (Å²) in [4.78, 5) is 4.26. The Balaban J connectivity index is 2.36. The zero-order valence-corrected chi connectivity index (χ0v) is 10.8. The lowest BCUT2D eigenvalue weighted by Crippen LogP contribution is -2.13. The van der Waals surface area contributed by atoms with Gasteiger partial charge in [0.1, 0.15) is 17.3 Å². The number of aromatic nitrogens is 1. The quantitative estimate of drug-likeness (QED) is 0.651. The SMILES string of the molecule is COc1cccc(Oc2nc(C)ccc2C(=N)N)c1. The Labute approximate surface area is 111 Å². The zero-order valence-electron chi connectivity index (χ0n) is 10.8. The van der Waals surface area contributed by atoms with Gasteiger partial charge in [-0.3, -0.25) is 5.41 Å². The average Bonchev–Trinajstić information content (AvgIpc) is 2.38. The van der Waals surface area contributed by atoms with Gasteiger partial charge in [-0.2, -0.15) is 0 Å². The maximum atomic E-state index is 7.52. The molecule has 0 aliphatic heterocycles. The van der Waals surface area contributed by atoms with E-state index in [-0.39, 0.29) is 5.84 Å². The fourth-order valence-corrected chi connectivity index (χ4v) is 1.59. The van der Waals surface area contributed by atoms with Crippen molar-refractivity contribution < 1.29 is 9.47 Å². The van der Waals surface area contributed by atoms with Crippen LogP contribution in [-0.2, 0) is 0 Å². The van der Waals surface area contributed by atoms with Gasteiger partial charge in [0.25, 0.3) is 0 Å². The van der Waals surface area contributed by atoms with Crippen molar-refractivity contribution in [2.75, 3.05) is 7.11 Å². The lowest BCUT2D eigenvalue weighted by atomic mass is 10.2. The summed E-state index contributed by atoms with van der Waals surface area (Å²) in [5.41, 5.74) is 6.77. The number of hydrogen-bond donors (Lipinski definition) is 2. The minimum absolute atomic E-state index is 0.0783. The van der Waals surface area contributed by atoms with Crippen molar-refractivity contribution >= 4 is 5.84 Å². The number of amidine groups is 1. The highest BCUT2D eigenvalue weighted by Gasteiger charge is 2.10. The van der Waals surface area contributed by atoms with Crippen LogP contribution in [0.5, 0.6) is 17.4 Å². The molecule has 5 nitrogen and oxygen atoms in total. The Hall–Kier alpha value is -2.56. The van der Waals surface area contributed by atoms with E-state index in [0.717, 1.165) is 5.69 Å². The molecule has 1 aromatic heterocycles. The standard InChI is InChI=1S/C14H15N3O2/c1-9-6-7-12(13(15)16)14(17-9)19-11-5-3-4-10(8-11)18-2/h3-8H,1-2H3,(H3,15,16). The van der Waals surface area contributed by atoms with Gasteiger partial charge in [-0.25, -0.2) is 4.98 Å². The summed E-state index contributed by atoms with van der Waals surface area (Å²) < 4.78 is 10.8. The Morgan fingerprint density at radius 1 is 1.21 bits per heavy atom. The van der Waals surface area contributed by atoms with E-state index in [1.54, 1.807) is 31.4 Å². The third kappa shape index (κ3) is 3.01. The van der Waals surface area contributed by atoms with Gasteiger partial charge >= 0.3 is 0 Å². The molecule has 0 radical (unpaired) electrons. The second-order valence-corrected chi connectivity index (χ2v) is 4.00. The van der Waals surface area contributed by atoms with E-state index in [1.807, 2.05) is 19.1 Å². The third-order valence-electron chi connectivity index (χ3n) is 2.55. The van der Waals surface area contributed by atoms with Crippen molar-refractivity contribution in [2.24, 2.45) is 5.73 Å². The van der Waals surface area contributed by atoms with Crippen LogP contribution in [-0.4, -0.2) is 17.9 Å². The Morgan fingerprint density at radius 3 is 2.63 bits per heavy atom. The van der Waals surface area contributed by atoms with Crippen molar-refractivity contribution in [3.63, 3.8) is 0 Å². The highest BCUT2D eigenvalue weighted by molar-refractivity contribution is 5.97. The molecule has 0 unspecified atom stereocenters. The van der Waals surface area contributed by atoms with Crippen molar-refractivity contribution in [3.05, 3.63) is 47.7 Å². The summed E-state index contributed by atoms with van der Waals surface area (Å²) >= 11 is 0. The number of nitrogen functional groups attached to an aromatic ring is 1. The summed E-state index contributed by atoms with van der Waals surface area (Å²) in [6, 6.07) is 10.7. The zero-order chi connectivity index (χ0) is 13.8. The lowest BCUT2D eigenvalue weighted by molar-refractivity contribution is 0.407. The molecule has 0 fully saturated rings. The maximum Gasteiger partial charge on any atom is 0.230 e. The minimum Gasteiger partial charge on any atom is -0.497 e. The van der Waals surface area contributed by atoms with Crippen LogP contribution in [0.25, 0.3) is 0 Å². The topological polar surface area (TPSA) is 81.2 Å². The second-order valence-electron chi connectivity index (χ2n) is 4.00. The molecule has 0 bridgehead atoms.